The summed E-state index contributed by atoms with van der Waals surface area (Å²) in [5.41, 5.74) is 1.76. The summed E-state index contributed by atoms with van der Waals surface area (Å²) in [6, 6.07) is 8.80. The van der Waals surface area contributed by atoms with Gasteiger partial charge in [-0.05, 0) is 49.4 Å². The fourth-order valence-electron chi connectivity index (χ4n) is 3.10. The topological polar surface area (TPSA) is 75.7 Å². The second-order valence-electron chi connectivity index (χ2n) is 6.82. The van der Waals surface area contributed by atoms with E-state index in [0.29, 0.717) is 17.9 Å². The van der Waals surface area contributed by atoms with Crippen LogP contribution in [0.2, 0.25) is 0 Å². The average molecular weight is 401 g/mol. The molecular formula is C21H24N2O4S. The Kier molecular flexibility index (Phi) is 6.46. The molecule has 0 bridgehead atoms. The van der Waals surface area contributed by atoms with Gasteiger partial charge in [-0.2, -0.15) is 0 Å². The maximum Gasteiger partial charge on any atom is 0.260 e. The third kappa shape index (κ3) is 4.98. The lowest BCUT2D eigenvalue weighted by molar-refractivity contribution is -0.132. The van der Waals surface area contributed by atoms with E-state index in [1.807, 2.05) is 4.90 Å². The quantitative estimate of drug-likeness (QED) is 0.725. The Morgan fingerprint density at radius 3 is 2.89 bits per heavy atom. The van der Waals surface area contributed by atoms with Gasteiger partial charge in [0, 0.05) is 36.5 Å². The molecule has 0 spiro atoms. The van der Waals surface area contributed by atoms with Gasteiger partial charge < -0.3 is 15.0 Å². The average Bonchev–Trinajstić information content (AvgIpc) is 3.15. The first kappa shape index (κ1) is 20.1. The summed E-state index contributed by atoms with van der Waals surface area (Å²) in [4.78, 5) is 39.3. The third-order valence-corrected chi connectivity index (χ3v) is 5.74. The molecule has 1 N–H and O–H groups in total. The molecule has 6 nitrogen and oxygen atoms in total. The summed E-state index contributed by atoms with van der Waals surface area (Å²) < 4.78 is 5.61. The number of fused-ring (bicyclic) bond motifs is 1. The van der Waals surface area contributed by atoms with Crippen LogP contribution in [-0.2, 0) is 22.6 Å². The Labute approximate surface area is 168 Å². The van der Waals surface area contributed by atoms with E-state index in [9.17, 15) is 14.4 Å². The maximum absolute atomic E-state index is 12.4. The van der Waals surface area contributed by atoms with Gasteiger partial charge >= 0.3 is 0 Å². The number of hydrogen-bond acceptors (Lipinski definition) is 5. The highest BCUT2D eigenvalue weighted by Crippen LogP contribution is 2.24. The number of nitrogens with one attached hydrogen (secondary N) is 1. The van der Waals surface area contributed by atoms with E-state index in [1.165, 1.54) is 17.4 Å². The number of ether oxygens (including phenoxy) is 1. The number of ketones is 1. The largest absolute Gasteiger partial charge is 0.481 e. The van der Waals surface area contributed by atoms with Crippen LogP contribution >= 0.6 is 11.3 Å². The highest BCUT2D eigenvalue weighted by Gasteiger charge is 2.22. The van der Waals surface area contributed by atoms with Crippen molar-refractivity contribution in [3.8, 4) is 5.75 Å². The molecular weight excluding hydrogens is 376 g/mol. The van der Waals surface area contributed by atoms with Crippen LogP contribution in [0.1, 0.15) is 41.1 Å². The third-order valence-electron chi connectivity index (χ3n) is 4.72. The van der Waals surface area contributed by atoms with Gasteiger partial charge in [-0.15, -0.1) is 11.3 Å². The fourth-order valence-corrected chi connectivity index (χ4v) is 3.99. The van der Waals surface area contributed by atoms with Gasteiger partial charge in [0.1, 0.15) is 5.75 Å². The highest BCUT2D eigenvalue weighted by atomic mass is 32.1. The summed E-state index contributed by atoms with van der Waals surface area (Å²) in [7, 11) is 0. The molecule has 0 radical (unpaired) electrons. The normalized spacial score (nSPS) is 14.1. The molecule has 0 saturated heterocycles. The molecule has 1 aliphatic rings. The Bertz CT molecular complexity index is 877. The van der Waals surface area contributed by atoms with Gasteiger partial charge in [0.05, 0.1) is 0 Å². The zero-order chi connectivity index (χ0) is 20.1. The van der Waals surface area contributed by atoms with Crippen molar-refractivity contribution < 1.29 is 19.1 Å². The van der Waals surface area contributed by atoms with Crippen molar-refractivity contribution in [3.63, 3.8) is 0 Å². The Morgan fingerprint density at radius 1 is 1.29 bits per heavy atom. The number of thiophene rings is 1. The molecule has 0 aliphatic carbocycles. The zero-order valence-corrected chi connectivity index (χ0v) is 16.9. The van der Waals surface area contributed by atoms with Crippen molar-refractivity contribution in [2.24, 2.45) is 0 Å². The Hall–Kier alpha value is -2.67. The second-order valence-corrected chi connectivity index (χ2v) is 7.82. The van der Waals surface area contributed by atoms with E-state index in [2.05, 4.69) is 16.8 Å². The molecule has 1 aromatic carbocycles. The lowest BCUT2D eigenvalue weighted by Crippen LogP contribution is -2.40. The first-order valence-electron chi connectivity index (χ1n) is 9.32. The smallest absolute Gasteiger partial charge is 0.260 e. The monoisotopic (exact) mass is 400 g/mol. The first-order chi connectivity index (χ1) is 13.4. The van der Waals surface area contributed by atoms with Crippen molar-refractivity contribution in [3.05, 3.63) is 51.7 Å². The minimum atomic E-state index is -0.722. The first-order valence-corrected chi connectivity index (χ1v) is 10.2. The number of Topliss-reactive ketones (excluding diaryl/α,β-unsaturated/α-hetero) is 1. The van der Waals surface area contributed by atoms with E-state index in [4.69, 9.17) is 4.74 Å². The number of nitrogens with zero attached hydrogens (tertiary/aromatic N) is 1. The van der Waals surface area contributed by atoms with Crippen molar-refractivity contribution in [1.82, 2.24) is 10.2 Å². The molecule has 2 amide bonds. The van der Waals surface area contributed by atoms with E-state index in [1.54, 1.807) is 42.5 Å². The number of amides is 2. The molecule has 1 unspecified atom stereocenters. The van der Waals surface area contributed by atoms with Crippen LogP contribution in [-0.4, -0.2) is 41.7 Å². The molecule has 7 heteroatoms. The second kappa shape index (κ2) is 9.01. The van der Waals surface area contributed by atoms with Crippen LogP contribution in [0.4, 0.5) is 0 Å². The van der Waals surface area contributed by atoms with Crippen LogP contribution in [0.15, 0.2) is 35.7 Å². The van der Waals surface area contributed by atoms with Gasteiger partial charge in [0.25, 0.3) is 5.91 Å². The van der Waals surface area contributed by atoms with E-state index in [0.717, 1.165) is 13.0 Å². The summed E-state index contributed by atoms with van der Waals surface area (Å²) in [6.45, 7) is 4.77. The number of carbonyl (C=O) groups excluding carboxylic acids is 3. The SMILES string of the molecule is CC(=O)c1cccc(OC(C)C(=O)NCCC(=O)N2CCc3sccc3C2)c1. The van der Waals surface area contributed by atoms with Crippen LogP contribution in [0.5, 0.6) is 5.75 Å². The summed E-state index contributed by atoms with van der Waals surface area (Å²) in [5, 5.41) is 4.81. The predicted molar refractivity (Wildman–Crippen MR) is 108 cm³/mol. The molecule has 1 aliphatic heterocycles. The molecule has 2 heterocycles. The minimum absolute atomic E-state index is 0.0416. The van der Waals surface area contributed by atoms with Crippen molar-refractivity contribution in [1.29, 1.82) is 0 Å². The molecule has 2 aromatic rings. The van der Waals surface area contributed by atoms with Gasteiger partial charge in [-0.1, -0.05) is 12.1 Å². The van der Waals surface area contributed by atoms with Gasteiger partial charge in [0.2, 0.25) is 5.91 Å². The van der Waals surface area contributed by atoms with Gasteiger partial charge in [0.15, 0.2) is 11.9 Å². The number of carbonyl (C=O) groups is 3. The zero-order valence-electron chi connectivity index (χ0n) is 16.1. The number of benzene rings is 1. The molecule has 28 heavy (non-hydrogen) atoms. The Balaban J connectivity index is 1.43. The van der Waals surface area contributed by atoms with Crippen LogP contribution in [0.3, 0.4) is 0 Å². The molecule has 148 valence electrons. The fraction of sp³-hybridized carbons (Fsp3) is 0.381. The Morgan fingerprint density at radius 2 is 2.11 bits per heavy atom. The van der Waals surface area contributed by atoms with Crippen LogP contribution in [0, 0.1) is 0 Å². The summed E-state index contributed by atoms with van der Waals surface area (Å²) >= 11 is 1.74. The highest BCUT2D eigenvalue weighted by molar-refractivity contribution is 7.10. The van der Waals surface area contributed by atoms with Crippen molar-refractivity contribution >= 4 is 28.9 Å². The van der Waals surface area contributed by atoms with Gasteiger partial charge in [-0.3, -0.25) is 14.4 Å². The lowest BCUT2D eigenvalue weighted by atomic mass is 10.1. The standard InChI is InChI=1S/C21H24N2O4S/c1-14(24)16-4-3-5-18(12-16)27-15(2)21(26)22-9-6-20(25)23-10-7-19-17(13-23)8-11-28-19/h3-5,8,11-12,15H,6-7,9-10,13H2,1-2H3,(H,22,26). The summed E-state index contributed by atoms with van der Waals surface area (Å²) in [5.74, 6) is 0.152. The van der Waals surface area contributed by atoms with Gasteiger partial charge in [-0.25, -0.2) is 0 Å². The molecule has 1 atom stereocenters. The van der Waals surface area contributed by atoms with Crippen LogP contribution in [0.25, 0.3) is 0 Å². The molecule has 1 aromatic heterocycles. The van der Waals surface area contributed by atoms with Crippen molar-refractivity contribution in [2.45, 2.75) is 39.3 Å². The van der Waals surface area contributed by atoms with Crippen LogP contribution < -0.4 is 10.1 Å². The number of rotatable bonds is 7. The molecule has 0 fully saturated rings. The predicted octanol–water partition coefficient (Wildman–Crippen LogP) is 2.81. The number of hydrogen-bond donors (Lipinski definition) is 1. The summed E-state index contributed by atoms with van der Waals surface area (Å²) in [6.07, 6.45) is 0.438. The van der Waals surface area contributed by atoms with E-state index in [-0.39, 0.29) is 30.6 Å². The minimum Gasteiger partial charge on any atom is -0.481 e. The van der Waals surface area contributed by atoms with Crippen molar-refractivity contribution in [2.75, 3.05) is 13.1 Å². The molecule has 0 saturated carbocycles. The van der Waals surface area contributed by atoms with E-state index >= 15 is 0 Å². The lowest BCUT2D eigenvalue weighted by Gasteiger charge is -2.27. The van der Waals surface area contributed by atoms with E-state index < -0.39 is 6.10 Å². The maximum atomic E-state index is 12.4. The molecule has 3 rings (SSSR count).